The van der Waals surface area contributed by atoms with E-state index in [2.05, 4.69) is 34.8 Å². The molecule has 0 N–H and O–H groups in total. The second-order valence-electron chi connectivity index (χ2n) is 7.22. The molecule has 0 amide bonds. The van der Waals surface area contributed by atoms with Gasteiger partial charge in [-0.05, 0) is 74.9 Å². The molecule has 2 aromatic heterocycles. The van der Waals surface area contributed by atoms with E-state index in [9.17, 15) is 4.79 Å². The smallest absolute Gasteiger partial charge is 0.266 e. The Labute approximate surface area is 175 Å². The third kappa shape index (κ3) is 3.94. The van der Waals surface area contributed by atoms with Crippen LogP contribution in [0.2, 0.25) is 0 Å². The van der Waals surface area contributed by atoms with E-state index in [0.717, 1.165) is 24.4 Å². The van der Waals surface area contributed by atoms with Crippen molar-refractivity contribution in [3.63, 3.8) is 0 Å². The van der Waals surface area contributed by atoms with Crippen LogP contribution in [-0.2, 0) is 6.54 Å². The van der Waals surface area contributed by atoms with Gasteiger partial charge in [0.1, 0.15) is 17.3 Å². The number of aromatic nitrogens is 3. The lowest BCUT2D eigenvalue weighted by Gasteiger charge is -2.13. The number of aryl methyl sites for hydroxylation is 3. The minimum atomic E-state index is -0.118. The Morgan fingerprint density at radius 3 is 2.47 bits per heavy atom. The van der Waals surface area contributed by atoms with Crippen LogP contribution >= 0.6 is 0 Å². The summed E-state index contributed by atoms with van der Waals surface area (Å²) in [5.41, 5.74) is 2.55. The molecule has 6 heteroatoms. The van der Waals surface area contributed by atoms with Crippen molar-refractivity contribution >= 4 is 10.9 Å². The molecule has 4 aromatic rings. The summed E-state index contributed by atoms with van der Waals surface area (Å²) in [5.74, 6) is 2.05. The first-order valence-corrected chi connectivity index (χ1v) is 9.99. The molecule has 0 bridgehead atoms. The van der Waals surface area contributed by atoms with Crippen molar-refractivity contribution in [1.29, 1.82) is 0 Å². The van der Waals surface area contributed by atoms with Gasteiger partial charge in [-0.15, -0.1) is 0 Å². The second kappa shape index (κ2) is 8.45. The van der Waals surface area contributed by atoms with Gasteiger partial charge in [0.15, 0.2) is 0 Å². The van der Waals surface area contributed by atoms with Gasteiger partial charge in [-0.25, -0.2) is 4.98 Å². The van der Waals surface area contributed by atoms with Gasteiger partial charge in [-0.3, -0.25) is 9.36 Å². The van der Waals surface area contributed by atoms with Crippen LogP contribution in [0.15, 0.2) is 65.6 Å². The van der Waals surface area contributed by atoms with Crippen molar-refractivity contribution in [2.75, 3.05) is 13.7 Å². The van der Waals surface area contributed by atoms with E-state index >= 15 is 0 Å². The van der Waals surface area contributed by atoms with Gasteiger partial charge in [0.05, 0.1) is 30.3 Å². The summed E-state index contributed by atoms with van der Waals surface area (Å²) in [6, 6.07) is 17.0. The molecule has 154 valence electrons. The molecule has 6 nitrogen and oxygen atoms in total. The maximum atomic E-state index is 13.1. The van der Waals surface area contributed by atoms with Gasteiger partial charge in [-0.2, -0.15) is 0 Å². The van der Waals surface area contributed by atoms with Crippen molar-refractivity contribution in [3.05, 3.63) is 82.7 Å². The lowest BCUT2D eigenvalue weighted by Crippen LogP contribution is -2.22. The molecule has 0 atom stereocenters. The van der Waals surface area contributed by atoms with Crippen LogP contribution in [0.25, 0.3) is 16.6 Å². The predicted molar refractivity (Wildman–Crippen MR) is 118 cm³/mol. The molecular weight excluding hydrogens is 378 g/mol. The number of benzene rings is 2. The van der Waals surface area contributed by atoms with Crippen molar-refractivity contribution in [1.82, 2.24) is 14.1 Å². The van der Waals surface area contributed by atoms with E-state index < -0.39 is 0 Å². The Morgan fingerprint density at radius 2 is 1.77 bits per heavy atom. The van der Waals surface area contributed by atoms with Crippen molar-refractivity contribution in [3.8, 4) is 17.2 Å². The van der Waals surface area contributed by atoms with Gasteiger partial charge in [-0.1, -0.05) is 0 Å². The summed E-state index contributed by atoms with van der Waals surface area (Å²) in [5, 5.41) is 0.528. The van der Waals surface area contributed by atoms with Crippen LogP contribution in [0.5, 0.6) is 11.5 Å². The summed E-state index contributed by atoms with van der Waals surface area (Å²) in [6.07, 6.45) is 3.00. The molecule has 0 fully saturated rings. The molecule has 0 aliphatic rings. The number of hydrogen-bond donors (Lipinski definition) is 0. The topological polar surface area (TPSA) is 58.3 Å². The molecule has 0 saturated heterocycles. The first kappa shape index (κ1) is 19.8. The van der Waals surface area contributed by atoms with Crippen molar-refractivity contribution in [2.24, 2.45) is 0 Å². The van der Waals surface area contributed by atoms with E-state index in [1.54, 1.807) is 23.8 Å². The van der Waals surface area contributed by atoms with Gasteiger partial charge >= 0.3 is 0 Å². The number of nitrogens with zero attached hydrogens (tertiary/aromatic N) is 3. The SMILES string of the molecule is COc1ccc2nc(C)n(-c3ccc(OCCCn4cccc4C)cc3)c(=O)c2c1. The average Bonchev–Trinajstić information content (AvgIpc) is 3.16. The number of hydrogen-bond acceptors (Lipinski definition) is 4. The highest BCUT2D eigenvalue weighted by Gasteiger charge is 2.11. The monoisotopic (exact) mass is 403 g/mol. The summed E-state index contributed by atoms with van der Waals surface area (Å²) >= 11 is 0. The molecule has 0 spiro atoms. The van der Waals surface area contributed by atoms with Crippen LogP contribution in [0, 0.1) is 13.8 Å². The standard InChI is InChI=1S/C24H25N3O3/c1-17-6-4-13-26(17)14-5-15-30-20-9-7-19(8-10-20)27-18(2)25-23-12-11-21(29-3)16-22(23)24(27)28/h4,6-13,16H,5,14-15H2,1-3H3. The quantitative estimate of drug-likeness (QED) is 0.432. The largest absolute Gasteiger partial charge is 0.497 e. The van der Waals surface area contributed by atoms with E-state index in [1.165, 1.54) is 5.69 Å². The third-order valence-corrected chi connectivity index (χ3v) is 5.21. The lowest BCUT2D eigenvalue weighted by atomic mass is 10.2. The molecule has 0 aliphatic carbocycles. The van der Waals surface area contributed by atoms with Crippen molar-refractivity contribution in [2.45, 2.75) is 26.8 Å². The minimum absolute atomic E-state index is 0.118. The number of ether oxygens (including phenoxy) is 2. The first-order chi connectivity index (χ1) is 14.6. The summed E-state index contributed by atoms with van der Waals surface area (Å²) in [6.45, 7) is 5.49. The summed E-state index contributed by atoms with van der Waals surface area (Å²) in [7, 11) is 1.58. The van der Waals surface area contributed by atoms with Crippen molar-refractivity contribution < 1.29 is 9.47 Å². The predicted octanol–water partition coefficient (Wildman–Crippen LogP) is 4.28. The third-order valence-electron chi connectivity index (χ3n) is 5.21. The van der Waals surface area contributed by atoms with E-state index in [1.807, 2.05) is 37.3 Å². The van der Waals surface area contributed by atoms with Gasteiger partial charge in [0, 0.05) is 18.4 Å². The highest BCUT2D eigenvalue weighted by molar-refractivity contribution is 5.79. The molecular formula is C24H25N3O3. The van der Waals surface area contributed by atoms with Crippen LogP contribution in [0.4, 0.5) is 0 Å². The number of rotatable bonds is 7. The molecule has 30 heavy (non-hydrogen) atoms. The highest BCUT2D eigenvalue weighted by atomic mass is 16.5. The van der Waals surface area contributed by atoms with Crippen LogP contribution in [0.3, 0.4) is 0 Å². The van der Waals surface area contributed by atoms with E-state index in [4.69, 9.17) is 9.47 Å². The molecule has 0 radical (unpaired) electrons. The fourth-order valence-electron chi connectivity index (χ4n) is 3.57. The van der Waals surface area contributed by atoms with Crippen LogP contribution < -0.4 is 15.0 Å². The molecule has 0 unspecified atom stereocenters. The first-order valence-electron chi connectivity index (χ1n) is 9.99. The Hall–Kier alpha value is -3.54. The molecule has 4 rings (SSSR count). The van der Waals surface area contributed by atoms with Gasteiger partial charge in [0.2, 0.25) is 0 Å². The van der Waals surface area contributed by atoms with E-state index in [0.29, 0.717) is 29.1 Å². The van der Waals surface area contributed by atoms with Crippen LogP contribution in [-0.4, -0.2) is 27.8 Å². The fraction of sp³-hybridized carbons (Fsp3) is 0.250. The summed E-state index contributed by atoms with van der Waals surface area (Å²) in [4.78, 5) is 17.7. The number of methoxy groups -OCH3 is 1. The summed E-state index contributed by atoms with van der Waals surface area (Å²) < 4.78 is 14.9. The Balaban J connectivity index is 1.50. The normalized spacial score (nSPS) is 11.0. The Kier molecular flexibility index (Phi) is 5.57. The van der Waals surface area contributed by atoms with Gasteiger partial charge in [0.25, 0.3) is 5.56 Å². The average molecular weight is 403 g/mol. The fourth-order valence-corrected chi connectivity index (χ4v) is 3.57. The zero-order valence-electron chi connectivity index (χ0n) is 17.5. The van der Waals surface area contributed by atoms with Crippen LogP contribution in [0.1, 0.15) is 17.9 Å². The molecule has 2 heterocycles. The molecule has 0 aliphatic heterocycles. The Bertz CT molecular complexity index is 1220. The highest BCUT2D eigenvalue weighted by Crippen LogP contribution is 2.20. The second-order valence-corrected chi connectivity index (χ2v) is 7.22. The maximum Gasteiger partial charge on any atom is 0.266 e. The maximum absolute atomic E-state index is 13.1. The lowest BCUT2D eigenvalue weighted by molar-refractivity contribution is 0.301. The minimum Gasteiger partial charge on any atom is -0.497 e. The Morgan fingerprint density at radius 1 is 1.00 bits per heavy atom. The number of fused-ring (bicyclic) bond motifs is 1. The zero-order valence-corrected chi connectivity index (χ0v) is 17.5. The van der Waals surface area contributed by atoms with Gasteiger partial charge < -0.3 is 14.0 Å². The molecule has 0 saturated carbocycles. The zero-order chi connectivity index (χ0) is 21.1. The molecule has 2 aromatic carbocycles. The van der Waals surface area contributed by atoms with E-state index in [-0.39, 0.29) is 5.56 Å².